The molecule has 0 radical (unpaired) electrons. The molecule has 0 aliphatic carbocycles. The molecule has 1 aliphatic rings. The van der Waals surface area contributed by atoms with E-state index < -0.39 is 9.91 Å². The number of benzene rings is 2. The molecular formula is C25H23ClF3IN4O3. The van der Waals surface area contributed by atoms with Crippen molar-refractivity contribution in [3.63, 3.8) is 0 Å². The maximum Gasteiger partial charge on any atom is 0.573 e. The standard InChI is InChI=1S/C25H23ClF3IN4O3/c1-14-13-34(22-17-10-15(26)4-7-20(17)33(2)23(35)18(22)12-31)9-8-24(14,30)32-19-6-5-16(11-21(19)36-3)37-25(27,28)29/h4-7,10-11,14,32H,8-9,13H2,1-3H3/t14-,24-/m1/s1. The van der Waals surface area contributed by atoms with Crippen molar-refractivity contribution in [1.29, 1.82) is 5.26 Å². The molecule has 1 aliphatic heterocycles. The van der Waals surface area contributed by atoms with Gasteiger partial charge in [0.25, 0.3) is 5.56 Å². The monoisotopic (exact) mass is 646 g/mol. The molecule has 196 valence electrons. The van der Waals surface area contributed by atoms with Crippen LogP contribution in [-0.2, 0) is 7.05 Å². The van der Waals surface area contributed by atoms with Crippen LogP contribution in [0.4, 0.5) is 24.5 Å². The lowest BCUT2D eigenvalue weighted by molar-refractivity contribution is -0.274. The molecule has 1 N–H and O–H groups in total. The minimum absolute atomic E-state index is 0.0116. The number of halogens is 5. The number of fused-ring (bicyclic) bond motifs is 1. The number of ether oxygens (including phenoxy) is 2. The number of nitriles is 1. The van der Waals surface area contributed by atoms with Gasteiger partial charge in [0, 0.05) is 42.5 Å². The zero-order chi connectivity index (χ0) is 27.1. The third-order valence-electron chi connectivity index (χ3n) is 6.53. The molecule has 0 saturated carbocycles. The van der Waals surface area contributed by atoms with Gasteiger partial charge in [-0.1, -0.05) is 41.1 Å². The molecule has 1 fully saturated rings. The van der Waals surface area contributed by atoms with E-state index in [1.165, 1.54) is 29.9 Å². The first-order valence-corrected chi connectivity index (χ1v) is 12.7. The van der Waals surface area contributed by atoms with Crippen LogP contribution in [0.3, 0.4) is 0 Å². The number of methoxy groups -OCH3 is 1. The Labute approximate surface area is 229 Å². The van der Waals surface area contributed by atoms with Crippen molar-refractivity contribution in [1.82, 2.24) is 4.57 Å². The summed E-state index contributed by atoms with van der Waals surface area (Å²) in [5.74, 6) is -0.172. The normalized spacial score (nSPS) is 20.0. The van der Waals surface area contributed by atoms with E-state index >= 15 is 0 Å². The fourth-order valence-electron chi connectivity index (χ4n) is 4.63. The molecule has 0 unspecified atom stereocenters. The summed E-state index contributed by atoms with van der Waals surface area (Å²) in [6.07, 6.45) is -4.21. The third kappa shape index (κ3) is 5.40. The zero-order valence-electron chi connectivity index (χ0n) is 20.1. The van der Waals surface area contributed by atoms with Crippen molar-refractivity contribution >= 4 is 56.5 Å². The number of pyridine rings is 1. The quantitative estimate of drug-likeness (QED) is 0.206. The highest BCUT2D eigenvalue weighted by molar-refractivity contribution is 14.1. The lowest BCUT2D eigenvalue weighted by Crippen LogP contribution is -2.52. The molecule has 7 nitrogen and oxygen atoms in total. The average Bonchev–Trinajstić information content (AvgIpc) is 2.83. The Morgan fingerprint density at radius 3 is 2.62 bits per heavy atom. The Balaban J connectivity index is 1.65. The Kier molecular flexibility index (Phi) is 7.45. The van der Waals surface area contributed by atoms with Gasteiger partial charge in [0.15, 0.2) is 0 Å². The number of rotatable bonds is 5. The molecule has 1 saturated heterocycles. The van der Waals surface area contributed by atoms with Crippen LogP contribution >= 0.6 is 34.2 Å². The highest BCUT2D eigenvalue weighted by Crippen LogP contribution is 2.43. The maximum atomic E-state index is 13.0. The summed E-state index contributed by atoms with van der Waals surface area (Å²) in [6.45, 7) is 3.06. The number of nitrogens with zero attached hydrogens (tertiary/aromatic N) is 3. The number of hydrogen-bond acceptors (Lipinski definition) is 6. The van der Waals surface area contributed by atoms with E-state index in [4.69, 9.17) is 16.3 Å². The van der Waals surface area contributed by atoms with Crippen LogP contribution in [0.5, 0.6) is 11.5 Å². The van der Waals surface area contributed by atoms with Crippen LogP contribution in [-0.4, -0.2) is 34.7 Å². The van der Waals surface area contributed by atoms with E-state index in [0.29, 0.717) is 46.8 Å². The summed E-state index contributed by atoms with van der Waals surface area (Å²) in [5.41, 5.74) is 1.43. The zero-order valence-corrected chi connectivity index (χ0v) is 23.0. The second-order valence-corrected chi connectivity index (χ2v) is 11.2. The van der Waals surface area contributed by atoms with Crippen LogP contribution in [0.25, 0.3) is 10.9 Å². The smallest absolute Gasteiger partial charge is 0.494 e. The number of aryl methyl sites for hydroxylation is 1. The van der Waals surface area contributed by atoms with Crippen molar-refractivity contribution in [3.05, 3.63) is 57.3 Å². The number of nitrogens with one attached hydrogen (secondary N) is 1. The summed E-state index contributed by atoms with van der Waals surface area (Å²) in [6, 6.07) is 11.2. The summed E-state index contributed by atoms with van der Waals surface area (Å²) < 4.78 is 48.2. The van der Waals surface area contributed by atoms with Crippen LogP contribution in [0.2, 0.25) is 5.02 Å². The molecule has 4 rings (SSSR count). The first-order chi connectivity index (χ1) is 17.4. The second-order valence-electron chi connectivity index (χ2n) is 8.86. The van der Waals surface area contributed by atoms with Crippen molar-refractivity contribution in [2.45, 2.75) is 23.3 Å². The molecule has 0 spiro atoms. The Morgan fingerprint density at radius 2 is 2.00 bits per heavy atom. The van der Waals surface area contributed by atoms with Gasteiger partial charge in [0.2, 0.25) is 0 Å². The van der Waals surface area contributed by atoms with Gasteiger partial charge >= 0.3 is 6.36 Å². The van der Waals surface area contributed by atoms with E-state index in [2.05, 4.69) is 38.7 Å². The Hall–Kier alpha value is -2.85. The van der Waals surface area contributed by atoms with Crippen molar-refractivity contribution in [3.8, 4) is 17.6 Å². The second kappa shape index (κ2) is 10.1. The SMILES string of the molecule is COc1cc(OC(F)(F)F)ccc1N[C@]1(I)CCN(c2c(C#N)c(=O)n(C)c3ccc(Cl)cc23)C[C@H]1C. The topological polar surface area (TPSA) is 79.5 Å². The van der Waals surface area contributed by atoms with E-state index in [1.54, 1.807) is 25.2 Å². The van der Waals surface area contributed by atoms with Crippen LogP contribution in [0, 0.1) is 17.2 Å². The van der Waals surface area contributed by atoms with E-state index in [1.807, 2.05) is 11.8 Å². The Morgan fingerprint density at radius 1 is 1.27 bits per heavy atom. The van der Waals surface area contributed by atoms with Gasteiger partial charge in [-0.3, -0.25) is 4.79 Å². The number of anilines is 2. The molecule has 1 aromatic heterocycles. The average molecular weight is 647 g/mol. The van der Waals surface area contributed by atoms with Gasteiger partial charge in [-0.15, -0.1) is 13.2 Å². The molecule has 2 atom stereocenters. The number of piperidine rings is 1. The van der Waals surface area contributed by atoms with Gasteiger partial charge in [0.1, 0.15) is 23.1 Å². The lowest BCUT2D eigenvalue weighted by Gasteiger charge is -2.45. The molecule has 3 aromatic rings. The van der Waals surface area contributed by atoms with Gasteiger partial charge in [-0.05, 0) is 36.8 Å². The van der Waals surface area contributed by atoms with Gasteiger partial charge < -0.3 is 24.3 Å². The first kappa shape index (κ1) is 27.2. The van der Waals surface area contributed by atoms with Gasteiger partial charge in [-0.25, -0.2) is 0 Å². The van der Waals surface area contributed by atoms with Crippen molar-refractivity contribution in [2.75, 3.05) is 30.4 Å². The lowest BCUT2D eigenvalue weighted by atomic mass is 9.92. The summed E-state index contributed by atoms with van der Waals surface area (Å²) >= 11 is 8.58. The molecule has 2 heterocycles. The fraction of sp³-hybridized carbons (Fsp3) is 0.360. The minimum atomic E-state index is -4.80. The number of hydrogen-bond donors (Lipinski definition) is 1. The van der Waals surface area contributed by atoms with Crippen LogP contribution in [0.15, 0.2) is 41.2 Å². The molecule has 0 bridgehead atoms. The third-order valence-corrected chi connectivity index (χ3v) is 8.64. The predicted octanol–water partition coefficient (Wildman–Crippen LogP) is 6.06. The summed E-state index contributed by atoms with van der Waals surface area (Å²) in [4.78, 5) is 15.0. The molecule has 37 heavy (non-hydrogen) atoms. The van der Waals surface area contributed by atoms with Gasteiger partial charge in [0.05, 0.1) is 27.5 Å². The summed E-state index contributed by atoms with van der Waals surface area (Å²) in [7, 11) is 3.00. The van der Waals surface area contributed by atoms with Crippen LogP contribution < -0.4 is 25.2 Å². The molecular weight excluding hydrogens is 624 g/mol. The Bertz CT molecular complexity index is 1460. The summed E-state index contributed by atoms with van der Waals surface area (Å²) in [5, 5.41) is 14.5. The van der Waals surface area contributed by atoms with Crippen LogP contribution in [0.1, 0.15) is 18.9 Å². The van der Waals surface area contributed by atoms with E-state index in [0.717, 1.165) is 0 Å². The largest absolute Gasteiger partial charge is 0.573 e. The number of aromatic nitrogens is 1. The van der Waals surface area contributed by atoms with E-state index in [9.17, 15) is 23.2 Å². The van der Waals surface area contributed by atoms with Crippen molar-refractivity contribution < 1.29 is 22.6 Å². The molecule has 2 aromatic carbocycles. The fourth-order valence-corrected chi connectivity index (χ4v) is 5.53. The highest BCUT2D eigenvalue weighted by Gasteiger charge is 2.40. The highest BCUT2D eigenvalue weighted by atomic mass is 127. The maximum absolute atomic E-state index is 13.0. The van der Waals surface area contributed by atoms with E-state index in [-0.39, 0.29) is 28.5 Å². The van der Waals surface area contributed by atoms with Gasteiger partial charge in [-0.2, -0.15) is 5.26 Å². The number of alkyl halides is 4. The molecule has 0 amide bonds. The minimum Gasteiger partial charge on any atom is -0.494 e. The first-order valence-electron chi connectivity index (χ1n) is 11.2. The van der Waals surface area contributed by atoms with Crippen molar-refractivity contribution in [2.24, 2.45) is 13.0 Å². The predicted molar refractivity (Wildman–Crippen MR) is 145 cm³/mol. The molecule has 12 heteroatoms.